The maximum atomic E-state index is 11.1. The first kappa shape index (κ1) is 11.7. The Morgan fingerprint density at radius 2 is 2.14 bits per heavy atom. The number of halogens is 2. The number of hydrogen-bond donors (Lipinski definition) is 3. The molecule has 1 unspecified atom stereocenters. The van der Waals surface area contributed by atoms with Gasteiger partial charge in [0.05, 0.1) is 0 Å². The van der Waals surface area contributed by atoms with Crippen molar-refractivity contribution in [3.63, 3.8) is 0 Å². The summed E-state index contributed by atoms with van der Waals surface area (Å²) in [5, 5.41) is 0.207. The number of nitrogens with one attached hydrogen (secondary N) is 1. The molecule has 0 spiro atoms. The van der Waals surface area contributed by atoms with Gasteiger partial charge in [0.2, 0.25) is 0 Å². The van der Waals surface area contributed by atoms with Crippen molar-refractivity contribution in [2.24, 2.45) is 5.84 Å². The lowest BCUT2D eigenvalue weighted by molar-refractivity contribution is -0.120. The summed E-state index contributed by atoms with van der Waals surface area (Å²) >= 11 is 15.7. The minimum atomic E-state index is -0.690. The number of amides is 1. The van der Waals surface area contributed by atoms with Gasteiger partial charge >= 0.3 is 0 Å². The van der Waals surface area contributed by atoms with Gasteiger partial charge in [-0.3, -0.25) is 10.2 Å². The minimum Gasteiger partial charge on any atom is -0.293 e. The van der Waals surface area contributed by atoms with E-state index in [0.29, 0.717) is 15.6 Å². The topological polar surface area (TPSA) is 55.1 Å². The molecular weight excluding hydrogens is 243 g/mol. The zero-order chi connectivity index (χ0) is 10.7. The summed E-state index contributed by atoms with van der Waals surface area (Å²) in [5.74, 6) is 4.55. The van der Waals surface area contributed by atoms with Gasteiger partial charge < -0.3 is 0 Å². The summed E-state index contributed by atoms with van der Waals surface area (Å²) in [6.45, 7) is 0. The molecule has 0 saturated carbocycles. The summed E-state index contributed by atoms with van der Waals surface area (Å²) in [6.07, 6.45) is 0. The molecule has 6 heteroatoms. The van der Waals surface area contributed by atoms with Crippen molar-refractivity contribution in [1.82, 2.24) is 5.43 Å². The van der Waals surface area contributed by atoms with Crippen LogP contribution in [0.15, 0.2) is 18.2 Å². The van der Waals surface area contributed by atoms with Crippen LogP contribution in [0.5, 0.6) is 0 Å². The van der Waals surface area contributed by atoms with Gasteiger partial charge in [0, 0.05) is 10.0 Å². The smallest absolute Gasteiger partial charge is 0.251 e. The molecule has 1 aromatic carbocycles. The fourth-order valence-electron chi connectivity index (χ4n) is 0.943. The molecule has 3 nitrogen and oxygen atoms in total. The molecular formula is C8H8Cl2N2OS. The third kappa shape index (κ3) is 2.54. The highest BCUT2D eigenvalue weighted by Crippen LogP contribution is 2.29. The zero-order valence-electron chi connectivity index (χ0n) is 7.00. The molecule has 0 aliphatic heterocycles. The summed E-state index contributed by atoms with van der Waals surface area (Å²) < 4.78 is 0. The van der Waals surface area contributed by atoms with E-state index in [1.54, 1.807) is 18.2 Å². The van der Waals surface area contributed by atoms with E-state index in [9.17, 15) is 4.79 Å². The summed E-state index contributed by atoms with van der Waals surface area (Å²) in [6, 6.07) is 4.82. The third-order valence-electron chi connectivity index (χ3n) is 1.65. The number of hydrogen-bond acceptors (Lipinski definition) is 3. The van der Waals surface area contributed by atoms with Crippen molar-refractivity contribution < 1.29 is 4.79 Å². The number of thiol groups is 1. The number of carbonyl (C=O) groups is 1. The van der Waals surface area contributed by atoms with Crippen LogP contribution in [-0.4, -0.2) is 5.91 Å². The average Bonchev–Trinajstić information content (AvgIpc) is 2.15. The summed E-state index contributed by atoms with van der Waals surface area (Å²) in [7, 11) is 0. The number of rotatable bonds is 2. The number of carbonyl (C=O) groups excluding carboxylic acids is 1. The van der Waals surface area contributed by atoms with Crippen molar-refractivity contribution in [3.8, 4) is 0 Å². The SMILES string of the molecule is NNC(=O)C(S)c1ccc(Cl)cc1Cl. The highest BCUT2D eigenvalue weighted by molar-refractivity contribution is 7.81. The van der Waals surface area contributed by atoms with Gasteiger partial charge in [0.15, 0.2) is 0 Å². The largest absolute Gasteiger partial charge is 0.293 e. The lowest BCUT2D eigenvalue weighted by Gasteiger charge is -2.10. The van der Waals surface area contributed by atoms with E-state index in [4.69, 9.17) is 29.0 Å². The third-order valence-corrected chi connectivity index (χ3v) is 2.72. The van der Waals surface area contributed by atoms with Gasteiger partial charge in [-0.1, -0.05) is 29.3 Å². The molecule has 0 heterocycles. The van der Waals surface area contributed by atoms with Crippen LogP contribution in [0.1, 0.15) is 10.8 Å². The minimum absolute atomic E-state index is 0.390. The van der Waals surface area contributed by atoms with Crippen LogP contribution in [0.25, 0.3) is 0 Å². The second-order valence-corrected chi connectivity index (χ2v) is 3.94. The van der Waals surface area contributed by atoms with Crippen LogP contribution >= 0.6 is 35.8 Å². The molecule has 1 atom stereocenters. The number of hydrazine groups is 1. The first-order chi connectivity index (χ1) is 6.56. The van der Waals surface area contributed by atoms with Gasteiger partial charge in [-0.05, 0) is 17.7 Å². The Kier molecular flexibility index (Phi) is 4.07. The predicted molar refractivity (Wildman–Crippen MR) is 60.5 cm³/mol. The molecule has 1 amide bonds. The molecule has 76 valence electrons. The first-order valence-electron chi connectivity index (χ1n) is 3.69. The maximum Gasteiger partial charge on any atom is 0.251 e. The molecule has 0 aliphatic carbocycles. The molecule has 0 bridgehead atoms. The van der Waals surface area contributed by atoms with E-state index in [0.717, 1.165) is 0 Å². The molecule has 0 aliphatic rings. The molecule has 1 aromatic rings. The zero-order valence-corrected chi connectivity index (χ0v) is 9.40. The maximum absolute atomic E-state index is 11.1. The van der Waals surface area contributed by atoms with Gasteiger partial charge in [-0.2, -0.15) is 12.6 Å². The Morgan fingerprint density at radius 3 is 2.64 bits per heavy atom. The second-order valence-electron chi connectivity index (χ2n) is 2.58. The quantitative estimate of drug-likeness (QED) is 0.325. The second kappa shape index (κ2) is 4.89. The van der Waals surface area contributed by atoms with Gasteiger partial charge in [-0.25, -0.2) is 5.84 Å². The Bertz CT molecular complexity index is 359. The fraction of sp³-hybridized carbons (Fsp3) is 0.125. The van der Waals surface area contributed by atoms with Gasteiger partial charge in [0.1, 0.15) is 5.25 Å². The molecule has 3 N–H and O–H groups in total. The van der Waals surface area contributed by atoms with E-state index >= 15 is 0 Å². The molecule has 0 aromatic heterocycles. The highest BCUT2D eigenvalue weighted by Gasteiger charge is 2.17. The van der Waals surface area contributed by atoms with E-state index < -0.39 is 11.2 Å². The lowest BCUT2D eigenvalue weighted by atomic mass is 10.1. The summed E-state index contributed by atoms with van der Waals surface area (Å²) in [5.41, 5.74) is 2.57. The van der Waals surface area contributed by atoms with Crippen LogP contribution in [0.2, 0.25) is 10.0 Å². The Morgan fingerprint density at radius 1 is 1.50 bits per heavy atom. The lowest BCUT2D eigenvalue weighted by Crippen LogP contribution is -2.33. The monoisotopic (exact) mass is 250 g/mol. The predicted octanol–water partition coefficient (Wildman–Crippen LogP) is 1.95. The Balaban J connectivity index is 3.01. The van der Waals surface area contributed by atoms with Crippen LogP contribution in [0.3, 0.4) is 0 Å². The molecule has 0 fully saturated rings. The Labute approximate surface area is 96.9 Å². The Hall–Kier alpha value is -0.420. The fourth-order valence-corrected chi connectivity index (χ4v) is 1.84. The van der Waals surface area contributed by atoms with Crippen molar-refractivity contribution in [1.29, 1.82) is 0 Å². The van der Waals surface area contributed by atoms with Crippen LogP contribution in [-0.2, 0) is 4.79 Å². The molecule has 0 radical (unpaired) electrons. The van der Waals surface area contributed by atoms with Gasteiger partial charge in [0.25, 0.3) is 5.91 Å². The van der Waals surface area contributed by atoms with Gasteiger partial charge in [-0.15, -0.1) is 0 Å². The van der Waals surface area contributed by atoms with Crippen LogP contribution in [0, 0.1) is 0 Å². The van der Waals surface area contributed by atoms with E-state index in [2.05, 4.69) is 12.6 Å². The average molecular weight is 251 g/mol. The highest BCUT2D eigenvalue weighted by atomic mass is 35.5. The molecule has 1 rings (SSSR count). The van der Waals surface area contributed by atoms with Crippen LogP contribution < -0.4 is 11.3 Å². The van der Waals surface area contributed by atoms with Crippen molar-refractivity contribution in [2.75, 3.05) is 0 Å². The molecule has 0 saturated heterocycles. The van der Waals surface area contributed by atoms with E-state index in [1.165, 1.54) is 0 Å². The number of benzene rings is 1. The van der Waals surface area contributed by atoms with E-state index in [-0.39, 0.29) is 0 Å². The standard InChI is InChI=1S/C8H8Cl2N2OS/c9-4-1-2-5(6(10)3-4)7(14)8(13)12-11/h1-3,7,14H,11H2,(H,12,13). The normalized spacial score (nSPS) is 12.3. The van der Waals surface area contributed by atoms with Crippen LogP contribution in [0.4, 0.5) is 0 Å². The van der Waals surface area contributed by atoms with Crippen molar-refractivity contribution in [2.45, 2.75) is 5.25 Å². The van der Waals surface area contributed by atoms with Crippen molar-refractivity contribution >= 4 is 41.7 Å². The summed E-state index contributed by atoms with van der Waals surface area (Å²) in [4.78, 5) is 11.1. The first-order valence-corrected chi connectivity index (χ1v) is 4.97. The van der Waals surface area contributed by atoms with Crippen molar-refractivity contribution in [3.05, 3.63) is 33.8 Å². The van der Waals surface area contributed by atoms with E-state index in [1.807, 2.05) is 5.43 Å². The number of nitrogens with two attached hydrogens (primary N) is 1. The molecule has 14 heavy (non-hydrogen) atoms.